The molecule has 114 valence electrons. The molecule has 0 unspecified atom stereocenters. The Hall–Kier alpha value is -0.810. The van der Waals surface area contributed by atoms with Gasteiger partial charge in [0.15, 0.2) is 0 Å². The Kier molecular flexibility index (Phi) is 11.9. The van der Waals surface area contributed by atoms with E-state index >= 15 is 0 Å². The van der Waals surface area contributed by atoms with Gasteiger partial charge < -0.3 is 26.7 Å². The van der Waals surface area contributed by atoms with Gasteiger partial charge >= 0.3 is 11.9 Å². The second-order valence-electron chi connectivity index (χ2n) is 5.54. The summed E-state index contributed by atoms with van der Waals surface area (Å²) in [7, 11) is 6.16. The van der Waals surface area contributed by atoms with Gasteiger partial charge in [-0.3, -0.25) is 9.59 Å². The maximum atomic E-state index is 11.3. The molecule has 0 rings (SSSR count). The van der Waals surface area contributed by atoms with Crippen LogP contribution in [-0.2, 0) is 14.3 Å². The van der Waals surface area contributed by atoms with E-state index in [0.717, 1.165) is 30.3 Å². The summed E-state index contributed by atoms with van der Waals surface area (Å²) in [5, 5.41) is 8.45. The molecule has 0 aromatic carbocycles. The Labute approximate surface area is 121 Å². The zero-order valence-corrected chi connectivity index (χ0v) is 12.9. The molecule has 6 heteroatoms. The maximum Gasteiger partial charge on any atom is 0.305 e. The fraction of sp³-hybridized carbons (Fsp3) is 0.846. The Balaban J connectivity index is 0. The molecule has 0 aliphatic heterocycles. The number of hydrogen-bond donors (Lipinski definition) is 1. The van der Waals surface area contributed by atoms with Crippen LogP contribution < -0.4 is 12.4 Å². The minimum Gasteiger partial charge on any atom is -1.00 e. The molecule has 0 heterocycles. The van der Waals surface area contributed by atoms with Crippen molar-refractivity contribution in [3.63, 3.8) is 0 Å². The second-order valence-corrected chi connectivity index (χ2v) is 5.54. The summed E-state index contributed by atoms with van der Waals surface area (Å²) in [5.74, 6) is -0.906. The predicted octanol–water partition coefficient (Wildman–Crippen LogP) is -1.33. The number of nitrogens with zero attached hydrogens (tertiary/aromatic N) is 1. The van der Waals surface area contributed by atoms with Crippen LogP contribution in [0.5, 0.6) is 0 Å². The van der Waals surface area contributed by atoms with Crippen LogP contribution in [0, 0.1) is 0 Å². The van der Waals surface area contributed by atoms with Gasteiger partial charge in [-0.1, -0.05) is 12.8 Å². The average molecular weight is 296 g/mol. The molecule has 0 amide bonds. The van der Waals surface area contributed by atoms with Crippen molar-refractivity contribution < 1.29 is 36.3 Å². The first-order chi connectivity index (χ1) is 8.31. The first-order valence-electron chi connectivity index (χ1n) is 6.49. The number of rotatable bonds is 10. The van der Waals surface area contributed by atoms with E-state index in [-0.39, 0.29) is 24.8 Å². The molecule has 0 aliphatic carbocycles. The van der Waals surface area contributed by atoms with Crippen LogP contribution >= 0.6 is 0 Å². The average Bonchev–Trinajstić information content (AvgIpc) is 2.20. The number of aliphatic carboxylic acids is 1. The summed E-state index contributed by atoms with van der Waals surface area (Å²) in [6.45, 7) is 1.27. The summed E-state index contributed by atoms with van der Waals surface area (Å²) in [6.07, 6.45) is 3.86. The summed E-state index contributed by atoms with van der Waals surface area (Å²) in [5.41, 5.74) is 0. The third-order valence-electron chi connectivity index (χ3n) is 2.55. The molecule has 0 spiro atoms. The second kappa shape index (κ2) is 11.1. The minimum atomic E-state index is -0.755. The molecule has 5 nitrogen and oxygen atoms in total. The van der Waals surface area contributed by atoms with Gasteiger partial charge in [0.05, 0.1) is 21.1 Å². The Morgan fingerprint density at radius 2 is 1.53 bits per heavy atom. The summed E-state index contributed by atoms with van der Waals surface area (Å²) in [4.78, 5) is 21.6. The third-order valence-corrected chi connectivity index (χ3v) is 2.55. The maximum absolute atomic E-state index is 11.3. The van der Waals surface area contributed by atoms with Crippen LogP contribution in [0.1, 0.15) is 38.5 Å². The molecule has 0 aliphatic rings. The van der Waals surface area contributed by atoms with Crippen molar-refractivity contribution in [2.75, 3.05) is 34.3 Å². The highest BCUT2D eigenvalue weighted by molar-refractivity contribution is 5.69. The number of esters is 1. The van der Waals surface area contributed by atoms with Gasteiger partial charge in [0.25, 0.3) is 0 Å². The monoisotopic (exact) mass is 295 g/mol. The largest absolute Gasteiger partial charge is 1.00 e. The van der Waals surface area contributed by atoms with Crippen LogP contribution in [-0.4, -0.2) is 55.8 Å². The summed E-state index contributed by atoms with van der Waals surface area (Å²) >= 11 is 0. The highest BCUT2D eigenvalue weighted by Gasteiger charge is 2.09. The highest BCUT2D eigenvalue weighted by atomic mass is 35.5. The fourth-order valence-electron chi connectivity index (χ4n) is 1.40. The smallest absolute Gasteiger partial charge is 0.305 e. The Bertz CT molecular complexity index is 264. The van der Waals surface area contributed by atoms with Gasteiger partial charge in [-0.15, -0.1) is 0 Å². The van der Waals surface area contributed by atoms with E-state index in [2.05, 4.69) is 21.1 Å². The van der Waals surface area contributed by atoms with Gasteiger partial charge in [0.2, 0.25) is 0 Å². The molecular formula is C13H26ClNO4. The zero-order valence-electron chi connectivity index (χ0n) is 12.2. The number of carbonyl (C=O) groups is 2. The SMILES string of the molecule is C[N+](C)(C)CCOC(=O)CCCCCCC(=O)O.[Cl-]. The van der Waals surface area contributed by atoms with Crippen LogP contribution in [0.4, 0.5) is 0 Å². The molecule has 0 aromatic rings. The van der Waals surface area contributed by atoms with Crippen molar-refractivity contribution in [2.24, 2.45) is 0 Å². The number of carboxylic acid groups (broad SMARTS) is 1. The van der Waals surface area contributed by atoms with E-state index in [4.69, 9.17) is 9.84 Å². The standard InChI is InChI=1S/C13H25NO4.ClH/c1-14(2,3)10-11-18-13(17)9-7-5-4-6-8-12(15)16;/h4-11H2,1-3H3;1H. The van der Waals surface area contributed by atoms with Crippen molar-refractivity contribution in [1.82, 2.24) is 0 Å². The molecule has 0 radical (unpaired) electrons. The number of hydrogen-bond acceptors (Lipinski definition) is 3. The lowest BCUT2D eigenvalue weighted by atomic mass is 10.1. The van der Waals surface area contributed by atoms with Crippen molar-refractivity contribution >= 4 is 11.9 Å². The third kappa shape index (κ3) is 17.2. The van der Waals surface area contributed by atoms with E-state index in [1.54, 1.807) is 0 Å². The summed E-state index contributed by atoms with van der Waals surface area (Å²) in [6, 6.07) is 0. The van der Waals surface area contributed by atoms with Gasteiger partial charge in [-0.25, -0.2) is 0 Å². The fourth-order valence-corrected chi connectivity index (χ4v) is 1.40. The molecule has 19 heavy (non-hydrogen) atoms. The van der Waals surface area contributed by atoms with E-state index in [0.29, 0.717) is 19.4 Å². The lowest BCUT2D eigenvalue weighted by molar-refractivity contribution is -0.870. The molecule has 0 bridgehead atoms. The number of likely N-dealkylation sites (N-methyl/N-ethyl adjacent to an activating group) is 1. The number of unbranched alkanes of at least 4 members (excludes halogenated alkanes) is 3. The van der Waals surface area contributed by atoms with Crippen molar-refractivity contribution in [1.29, 1.82) is 0 Å². The first-order valence-corrected chi connectivity index (χ1v) is 6.49. The van der Waals surface area contributed by atoms with Crippen LogP contribution in [0.25, 0.3) is 0 Å². The number of carboxylic acids is 1. The van der Waals surface area contributed by atoms with Gasteiger partial charge in [-0.2, -0.15) is 0 Å². The van der Waals surface area contributed by atoms with Crippen LogP contribution in [0.3, 0.4) is 0 Å². The normalized spacial score (nSPS) is 10.7. The lowest BCUT2D eigenvalue weighted by Crippen LogP contribution is -3.00. The molecule has 0 atom stereocenters. The van der Waals surface area contributed by atoms with Gasteiger partial charge in [0, 0.05) is 12.8 Å². The Morgan fingerprint density at radius 3 is 2.00 bits per heavy atom. The van der Waals surface area contributed by atoms with Gasteiger partial charge in [0.1, 0.15) is 13.2 Å². The number of quaternary nitrogens is 1. The molecule has 0 fully saturated rings. The molecule has 0 saturated heterocycles. The molecule has 1 N–H and O–H groups in total. The number of halogens is 1. The van der Waals surface area contributed by atoms with E-state index in [1.807, 2.05) is 0 Å². The molecule has 0 saturated carbocycles. The van der Waals surface area contributed by atoms with E-state index in [1.165, 1.54) is 0 Å². The van der Waals surface area contributed by atoms with Crippen LogP contribution in [0.15, 0.2) is 0 Å². The molecular weight excluding hydrogens is 270 g/mol. The van der Waals surface area contributed by atoms with E-state index < -0.39 is 5.97 Å². The van der Waals surface area contributed by atoms with Crippen molar-refractivity contribution in [3.05, 3.63) is 0 Å². The van der Waals surface area contributed by atoms with Crippen molar-refractivity contribution in [2.45, 2.75) is 38.5 Å². The minimum absolute atomic E-state index is 0. The van der Waals surface area contributed by atoms with Gasteiger partial charge in [-0.05, 0) is 12.8 Å². The lowest BCUT2D eigenvalue weighted by Gasteiger charge is -2.23. The summed E-state index contributed by atoms with van der Waals surface area (Å²) < 4.78 is 5.89. The van der Waals surface area contributed by atoms with Crippen LogP contribution in [0.2, 0.25) is 0 Å². The number of carbonyl (C=O) groups excluding carboxylic acids is 1. The van der Waals surface area contributed by atoms with E-state index in [9.17, 15) is 9.59 Å². The first kappa shape index (κ1) is 20.5. The predicted molar refractivity (Wildman–Crippen MR) is 69.2 cm³/mol. The number of ether oxygens (including phenoxy) is 1. The topological polar surface area (TPSA) is 63.6 Å². The quantitative estimate of drug-likeness (QED) is 0.308. The molecule has 0 aromatic heterocycles. The highest BCUT2D eigenvalue weighted by Crippen LogP contribution is 2.06. The van der Waals surface area contributed by atoms with Crippen molar-refractivity contribution in [3.8, 4) is 0 Å². The zero-order chi connectivity index (χ0) is 14.0. The Morgan fingerprint density at radius 1 is 1.00 bits per heavy atom.